The molecule has 0 spiro atoms. The highest BCUT2D eigenvalue weighted by atomic mass is 19.1. The quantitative estimate of drug-likeness (QED) is 0.844. The highest BCUT2D eigenvalue weighted by Gasteiger charge is 2.16. The molecule has 3 nitrogen and oxygen atoms in total. The van der Waals surface area contributed by atoms with Crippen molar-refractivity contribution in [3.8, 4) is 11.1 Å². The highest BCUT2D eigenvalue weighted by molar-refractivity contribution is 5.96. The molecule has 0 aliphatic heterocycles. The van der Waals surface area contributed by atoms with E-state index in [-0.39, 0.29) is 11.1 Å². The number of aromatic carboxylic acids is 1. The summed E-state index contributed by atoms with van der Waals surface area (Å²) in [4.78, 5) is 21.7. The third-order valence-electron chi connectivity index (χ3n) is 2.56. The first-order valence-electron chi connectivity index (χ1n) is 5.21. The van der Waals surface area contributed by atoms with Crippen molar-refractivity contribution in [2.45, 2.75) is 0 Å². The van der Waals surface area contributed by atoms with Gasteiger partial charge in [-0.2, -0.15) is 0 Å². The first-order chi connectivity index (χ1) is 8.63. The fraction of sp³-hybridized carbons (Fsp3) is 0. The van der Waals surface area contributed by atoms with Crippen LogP contribution in [0, 0.1) is 5.82 Å². The van der Waals surface area contributed by atoms with Crippen molar-refractivity contribution in [3.05, 3.63) is 59.4 Å². The molecule has 0 heterocycles. The van der Waals surface area contributed by atoms with E-state index in [1.54, 1.807) is 18.2 Å². The summed E-state index contributed by atoms with van der Waals surface area (Å²) in [7, 11) is 0. The number of carbonyl (C=O) groups excluding carboxylic acids is 1. The Kier molecular flexibility index (Phi) is 3.19. The monoisotopic (exact) mass is 244 g/mol. The number of carboxylic acid groups (broad SMARTS) is 1. The van der Waals surface area contributed by atoms with Crippen molar-refractivity contribution in [2.24, 2.45) is 0 Å². The molecule has 2 rings (SSSR count). The molecule has 0 atom stereocenters. The Morgan fingerprint density at radius 2 is 1.89 bits per heavy atom. The van der Waals surface area contributed by atoms with Gasteiger partial charge in [0.2, 0.25) is 0 Å². The molecule has 0 radical (unpaired) electrons. The summed E-state index contributed by atoms with van der Waals surface area (Å²) in [6.07, 6.45) is 0.656. The standard InChI is InChI=1S/C14H9FO3/c15-12-6-2-5-11(13(12)14(17)18)10-4-1-3-9(7-10)8-16/h1-8H,(H,17,18). The molecule has 1 N–H and O–H groups in total. The second-order valence-electron chi connectivity index (χ2n) is 3.71. The van der Waals surface area contributed by atoms with Gasteiger partial charge >= 0.3 is 5.97 Å². The molecule has 90 valence electrons. The van der Waals surface area contributed by atoms with E-state index in [9.17, 15) is 14.0 Å². The van der Waals surface area contributed by atoms with Crippen LogP contribution in [0.15, 0.2) is 42.5 Å². The van der Waals surface area contributed by atoms with E-state index in [0.717, 1.165) is 6.07 Å². The summed E-state index contributed by atoms with van der Waals surface area (Å²) in [6, 6.07) is 10.4. The van der Waals surface area contributed by atoms with Crippen LogP contribution in [-0.2, 0) is 0 Å². The van der Waals surface area contributed by atoms with Gasteiger partial charge in [0.25, 0.3) is 0 Å². The molecule has 18 heavy (non-hydrogen) atoms. The third kappa shape index (κ3) is 2.13. The van der Waals surface area contributed by atoms with Gasteiger partial charge in [-0.1, -0.05) is 30.3 Å². The van der Waals surface area contributed by atoms with Gasteiger partial charge in [-0.25, -0.2) is 9.18 Å². The van der Waals surface area contributed by atoms with Crippen LogP contribution in [0.3, 0.4) is 0 Å². The van der Waals surface area contributed by atoms with E-state index in [2.05, 4.69) is 0 Å². The molecule has 0 aliphatic rings. The van der Waals surface area contributed by atoms with Crippen LogP contribution in [0.5, 0.6) is 0 Å². The van der Waals surface area contributed by atoms with Crippen molar-refractivity contribution in [1.82, 2.24) is 0 Å². The van der Waals surface area contributed by atoms with Crippen LogP contribution in [0.1, 0.15) is 20.7 Å². The fourth-order valence-electron chi connectivity index (χ4n) is 1.76. The van der Waals surface area contributed by atoms with Gasteiger partial charge in [-0.3, -0.25) is 4.79 Å². The largest absolute Gasteiger partial charge is 0.478 e. The molecule has 0 saturated carbocycles. The van der Waals surface area contributed by atoms with E-state index < -0.39 is 11.8 Å². The van der Waals surface area contributed by atoms with Crippen molar-refractivity contribution in [3.63, 3.8) is 0 Å². The molecule has 2 aromatic carbocycles. The molecule has 2 aromatic rings. The first kappa shape index (κ1) is 12.0. The van der Waals surface area contributed by atoms with Gasteiger partial charge in [-0.15, -0.1) is 0 Å². The Bertz CT molecular complexity index is 620. The summed E-state index contributed by atoms with van der Waals surface area (Å²) in [6.45, 7) is 0. The number of benzene rings is 2. The number of rotatable bonds is 3. The topological polar surface area (TPSA) is 54.4 Å². The Balaban J connectivity index is 2.66. The minimum atomic E-state index is -1.33. The first-order valence-corrected chi connectivity index (χ1v) is 5.21. The van der Waals surface area contributed by atoms with Gasteiger partial charge in [-0.05, 0) is 23.3 Å². The lowest BCUT2D eigenvalue weighted by molar-refractivity contribution is 0.0692. The van der Waals surface area contributed by atoms with E-state index in [1.165, 1.54) is 18.2 Å². The Hall–Kier alpha value is -2.49. The van der Waals surface area contributed by atoms with Crippen LogP contribution >= 0.6 is 0 Å². The van der Waals surface area contributed by atoms with Crippen molar-refractivity contribution in [1.29, 1.82) is 0 Å². The fourth-order valence-corrected chi connectivity index (χ4v) is 1.76. The second kappa shape index (κ2) is 4.79. The van der Waals surface area contributed by atoms with Gasteiger partial charge in [0.05, 0.1) is 0 Å². The van der Waals surface area contributed by atoms with Gasteiger partial charge in [0, 0.05) is 5.56 Å². The molecule has 0 fully saturated rings. The van der Waals surface area contributed by atoms with E-state index in [4.69, 9.17) is 5.11 Å². The molecular formula is C14H9FO3. The Morgan fingerprint density at radius 3 is 2.56 bits per heavy atom. The SMILES string of the molecule is O=Cc1cccc(-c2cccc(F)c2C(=O)O)c1. The highest BCUT2D eigenvalue weighted by Crippen LogP contribution is 2.26. The lowest BCUT2D eigenvalue weighted by Crippen LogP contribution is -2.03. The van der Waals surface area contributed by atoms with Crippen LogP contribution < -0.4 is 0 Å². The maximum atomic E-state index is 13.5. The average molecular weight is 244 g/mol. The maximum absolute atomic E-state index is 13.5. The van der Waals surface area contributed by atoms with E-state index >= 15 is 0 Å². The van der Waals surface area contributed by atoms with Crippen LogP contribution in [0.25, 0.3) is 11.1 Å². The van der Waals surface area contributed by atoms with Gasteiger partial charge in [0.1, 0.15) is 17.7 Å². The Morgan fingerprint density at radius 1 is 1.17 bits per heavy atom. The second-order valence-corrected chi connectivity index (χ2v) is 3.71. The Labute approximate surface area is 103 Å². The number of carbonyl (C=O) groups is 2. The maximum Gasteiger partial charge on any atom is 0.339 e. The molecule has 0 aliphatic carbocycles. The zero-order valence-corrected chi connectivity index (χ0v) is 9.26. The van der Waals surface area contributed by atoms with Crippen molar-refractivity contribution < 1.29 is 19.1 Å². The van der Waals surface area contributed by atoms with E-state index in [0.29, 0.717) is 17.4 Å². The zero-order valence-electron chi connectivity index (χ0n) is 9.26. The van der Waals surface area contributed by atoms with Crippen LogP contribution in [0.4, 0.5) is 4.39 Å². The molecule has 0 aromatic heterocycles. The number of hydrogen-bond acceptors (Lipinski definition) is 2. The zero-order chi connectivity index (χ0) is 13.1. The molecule has 0 unspecified atom stereocenters. The lowest BCUT2D eigenvalue weighted by Gasteiger charge is -2.07. The van der Waals surface area contributed by atoms with Gasteiger partial charge in [0.15, 0.2) is 0 Å². The predicted molar refractivity (Wildman–Crippen MR) is 64.2 cm³/mol. The number of halogens is 1. The van der Waals surface area contributed by atoms with Crippen LogP contribution in [0.2, 0.25) is 0 Å². The minimum Gasteiger partial charge on any atom is -0.478 e. The predicted octanol–water partition coefficient (Wildman–Crippen LogP) is 3.00. The summed E-state index contributed by atoms with van der Waals surface area (Å²) in [5.74, 6) is -2.13. The van der Waals surface area contributed by atoms with Gasteiger partial charge < -0.3 is 5.11 Å². The minimum absolute atomic E-state index is 0.256. The van der Waals surface area contributed by atoms with E-state index in [1.807, 2.05) is 0 Å². The number of hydrogen-bond donors (Lipinski definition) is 1. The van der Waals surface area contributed by atoms with Crippen molar-refractivity contribution >= 4 is 12.3 Å². The normalized spacial score (nSPS) is 10.1. The number of aldehydes is 1. The third-order valence-corrected chi connectivity index (χ3v) is 2.56. The van der Waals surface area contributed by atoms with Crippen molar-refractivity contribution in [2.75, 3.05) is 0 Å². The lowest BCUT2D eigenvalue weighted by atomic mass is 9.98. The smallest absolute Gasteiger partial charge is 0.339 e. The average Bonchev–Trinajstić information content (AvgIpc) is 2.38. The van der Waals surface area contributed by atoms with Crippen LogP contribution in [-0.4, -0.2) is 17.4 Å². The number of carboxylic acids is 1. The molecule has 0 amide bonds. The summed E-state index contributed by atoms with van der Waals surface area (Å²) < 4.78 is 13.5. The molecular weight excluding hydrogens is 235 g/mol. The molecule has 0 bridgehead atoms. The summed E-state index contributed by atoms with van der Waals surface area (Å²) in [5, 5.41) is 9.02. The summed E-state index contributed by atoms with van der Waals surface area (Å²) in [5.41, 5.74) is 0.774. The molecule has 4 heteroatoms. The molecule has 0 saturated heterocycles. The summed E-state index contributed by atoms with van der Waals surface area (Å²) >= 11 is 0.